The molecule has 0 saturated carbocycles. The molecule has 1 aliphatic heterocycles. The SMILES string of the molecule is O=C(NC1CC(c2c(F)cccc2F)NN1)c1cccnc1. The second-order valence-electron chi connectivity index (χ2n) is 4.98. The zero-order valence-corrected chi connectivity index (χ0v) is 11.5. The average molecular weight is 304 g/mol. The third-order valence-corrected chi connectivity index (χ3v) is 3.48. The van der Waals surface area contributed by atoms with E-state index in [0.717, 1.165) is 0 Å². The van der Waals surface area contributed by atoms with Crippen molar-refractivity contribution in [1.29, 1.82) is 0 Å². The van der Waals surface area contributed by atoms with Gasteiger partial charge in [0.15, 0.2) is 0 Å². The largest absolute Gasteiger partial charge is 0.335 e. The summed E-state index contributed by atoms with van der Waals surface area (Å²) in [5, 5.41) is 2.74. The summed E-state index contributed by atoms with van der Waals surface area (Å²) in [5.41, 5.74) is 6.01. The Kier molecular flexibility index (Phi) is 4.08. The molecule has 1 fully saturated rings. The van der Waals surface area contributed by atoms with E-state index in [1.165, 1.54) is 24.4 Å². The van der Waals surface area contributed by atoms with Gasteiger partial charge in [0.2, 0.25) is 0 Å². The zero-order chi connectivity index (χ0) is 15.5. The molecule has 1 amide bonds. The first-order valence-electron chi connectivity index (χ1n) is 6.81. The number of hydrazine groups is 1. The minimum Gasteiger partial charge on any atom is -0.335 e. The highest BCUT2D eigenvalue weighted by Gasteiger charge is 2.30. The third-order valence-electron chi connectivity index (χ3n) is 3.48. The number of aromatic nitrogens is 1. The molecule has 3 N–H and O–H groups in total. The van der Waals surface area contributed by atoms with E-state index in [1.54, 1.807) is 18.3 Å². The molecule has 0 bridgehead atoms. The Morgan fingerprint density at radius 3 is 2.64 bits per heavy atom. The van der Waals surface area contributed by atoms with Gasteiger partial charge < -0.3 is 5.32 Å². The van der Waals surface area contributed by atoms with E-state index in [4.69, 9.17) is 0 Å². The second-order valence-corrected chi connectivity index (χ2v) is 4.98. The Bertz CT molecular complexity index is 660. The van der Waals surface area contributed by atoms with Crippen molar-refractivity contribution >= 4 is 5.91 Å². The summed E-state index contributed by atoms with van der Waals surface area (Å²) >= 11 is 0. The van der Waals surface area contributed by atoms with Gasteiger partial charge in [-0.15, -0.1) is 0 Å². The fourth-order valence-corrected chi connectivity index (χ4v) is 2.42. The number of hydrogen-bond acceptors (Lipinski definition) is 4. The van der Waals surface area contributed by atoms with Crippen molar-refractivity contribution in [3.8, 4) is 0 Å². The van der Waals surface area contributed by atoms with Crippen molar-refractivity contribution < 1.29 is 13.6 Å². The smallest absolute Gasteiger partial charge is 0.254 e. The van der Waals surface area contributed by atoms with Crippen molar-refractivity contribution in [2.45, 2.75) is 18.6 Å². The first-order valence-corrected chi connectivity index (χ1v) is 6.81. The van der Waals surface area contributed by atoms with Crippen LogP contribution in [-0.4, -0.2) is 17.1 Å². The van der Waals surface area contributed by atoms with Gasteiger partial charge in [0, 0.05) is 24.4 Å². The highest BCUT2D eigenvalue weighted by Crippen LogP contribution is 2.26. The van der Waals surface area contributed by atoms with Crippen molar-refractivity contribution in [3.05, 3.63) is 65.5 Å². The van der Waals surface area contributed by atoms with Gasteiger partial charge in [0.1, 0.15) is 11.6 Å². The number of rotatable bonds is 3. The lowest BCUT2D eigenvalue weighted by molar-refractivity contribution is 0.0932. The molecule has 0 spiro atoms. The summed E-state index contributed by atoms with van der Waals surface area (Å²) in [6.07, 6.45) is 2.91. The summed E-state index contributed by atoms with van der Waals surface area (Å²) < 4.78 is 27.5. The lowest BCUT2D eigenvalue weighted by Crippen LogP contribution is -2.44. The average Bonchev–Trinajstić information content (AvgIpc) is 2.96. The molecule has 0 aliphatic carbocycles. The van der Waals surface area contributed by atoms with Gasteiger partial charge in [-0.25, -0.2) is 19.6 Å². The van der Waals surface area contributed by atoms with E-state index in [-0.39, 0.29) is 11.5 Å². The van der Waals surface area contributed by atoms with Crippen molar-refractivity contribution in [2.75, 3.05) is 0 Å². The number of carbonyl (C=O) groups excluding carboxylic acids is 1. The topological polar surface area (TPSA) is 66.1 Å². The normalized spacial score (nSPS) is 20.8. The maximum atomic E-state index is 13.8. The van der Waals surface area contributed by atoms with Gasteiger partial charge in [-0.05, 0) is 24.3 Å². The molecule has 114 valence electrons. The number of halogens is 2. The molecule has 1 aromatic carbocycles. The van der Waals surface area contributed by atoms with Crippen LogP contribution in [0.25, 0.3) is 0 Å². The highest BCUT2D eigenvalue weighted by atomic mass is 19.1. The van der Waals surface area contributed by atoms with Crippen molar-refractivity contribution in [1.82, 2.24) is 21.2 Å². The first-order chi connectivity index (χ1) is 10.6. The first kappa shape index (κ1) is 14.6. The van der Waals surface area contributed by atoms with Crippen LogP contribution in [0.15, 0.2) is 42.7 Å². The van der Waals surface area contributed by atoms with Crippen LogP contribution in [0, 0.1) is 11.6 Å². The van der Waals surface area contributed by atoms with Crippen LogP contribution in [0.4, 0.5) is 8.78 Å². The molecule has 2 aromatic rings. The molecular weight excluding hydrogens is 290 g/mol. The van der Waals surface area contributed by atoms with Gasteiger partial charge in [-0.1, -0.05) is 6.07 Å². The molecule has 0 radical (unpaired) electrons. The highest BCUT2D eigenvalue weighted by molar-refractivity contribution is 5.93. The summed E-state index contributed by atoms with van der Waals surface area (Å²) in [4.78, 5) is 15.9. The lowest BCUT2D eigenvalue weighted by atomic mass is 10.0. The van der Waals surface area contributed by atoms with Gasteiger partial charge in [-0.3, -0.25) is 9.78 Å². The number of pyridine rings is 1. The quantitative estimate of drug-likeness (QED) is 0.807. The molecule has 2 heterocycles. The van der Waals surface area contributed by atoms with Gasteiger partial charge in [0.25, 0.3) is 5.91 Å². The van der Waals surface area contributed by atoms with Crippen LogP contribution in [0.2, 0.25) is 0 Å². The summed E-state index contributed by atoms with van der Waals surface area (Å²) in [7, 11) is 0. The standard InChI is InChI=1S/C15H14F2N4O/c16-10-4-1-5-11(17)14(10)12-7-13(21-20-12)19-15(22)9-3-2-6-18-8-9/h1-6,8,12-13,20-21H,7H2,(H,19,22). The van der Waals surface area contributed by atoms with Gasteiger partial charge in [0.05, 0.1) is 17.8 Å². The van der Waals surface area contributed by atoms with E-state index in [1.807, 2.05) is 0 Å². The number of benzene rings is 1. The molecule has 22 heavy (non-hydrogen) atoms. The molecular formula is C15H14F2N4O. The van der Waals surface area contributed by atoms with Crippen LogP contribution >= 0.6 is 0 Å². The molecule has 7 heteroatoms. The maximum absolute atomic E-state index is 13.8. The Labute approximate surface area is 125 Å². The Morgan fingerprint density at radius 2 is 1.95 bits per heavy atom. The minimum atomic E-state index is -0.612. The molecule has 3 rings (SSSR count). The number of nitrogens with zero attached hydrogens (tertiary/aromatic N) is 1. The van der Waals surface area contributed by atoms with Crippen LogP contribution < -0.4 is 16.2 Å². The maximum Gasteiger partial charge on any atom is 0.254 e. The molecule has 1 aromatic heterocycles. The monoisotopic (exact) mass is 304 g/mol. The Morgan fingerprint density at radius 1 is 1.18 bits per heavy atom. The fourth-order valence-electron chi connectivity index (χ4n) is 2.42. The van der Waals surface area contributed by atoms with E-state index in [0.29, 0.717) is 12.0 Å². The Balaban J connectivity index is 1.67. The number of carbonyl (C=O) groups is 1. The molecule has 1 aliphatic rings. The Hall–Kier alpha value is -2.38. The predicted octanol–water partition coefficient (Wildman–Crippen LogP) is 1.65. The number of hydrogen-bond donors (Lipinski definition) is 3. The van der Waals surface area contributed by atoms with E-state index in [2.05, 4.69) is 21.2 Å². The summed E-state index contributed by atoms with van der Waals surface area (Å²) in [5.74, 6) is -1.53. The lowest BCUT2D eigenvalue weighted by Gasteiger charge is -2.12. The zero-order valence-electron chi connectivity index (χ0n) is 11.5. The molecule has 2 unspecified atom stereocenters. The predicted molar refractivity (Wildman–Crippen MR) is 75.5 cm³/mol. The van der Waals surface area contributed by atoms with Crippen LogP contribution in [0.3, 0.4) is 0 Å². The summed E-state index contributed by atoms with van der Waals surface area (Å²) in [6.45, 7) is 0. The van der Waals surface area contributed by atoms with Crippen LogP contribution in [0.5, 0.6) is 0 Å². The number of amides is 1. The second kappa shape index (κ2) is 6.17. The van der Waals surface area contributed by atoms with Crippen LogP contribution in [0.1, 0.15) is 28.4 Å². The van der Waals surface area contributed by atoms with Crippen molar-refractivity contribution in [2.24, 2.45) is 0 Å². The van der Waals surface area contributed by atoms with E-state index in [9.17, 15) is 13.6 Å². The molecule has 1 saturated heterocycles. The van der Waals surface area contributed by atoms with Gasteiger partial charge >= 0.3 is 0 Å². The molecule has 5 nitrogen and oxygen atoms in total. The van der Waals surface area contributed by atoms with Crippen LogP contribution in [-0.2, 0) is 0 Å². The van der Waals surface area contributed by atoms with E-state index < -0.39 is 23.8 Å². The molecule has 2 atom stereocenters. The number of nitrogens with one attached hydrogen (secondary N) is 3. The third kappa shape index (κ3) is 2.95. The van der Waals surface area contributed by atoms with E-state index >= 15 is 0 Å². The fraction of sp³-hybridized carbons (Fsp3) is 0.200. The van der Waals surface area contributed by atoms with Crippen molar-refractivity contribution in [3.63, 3.8) is 0 Å². The van der Waals surface area contributed by atoms with Gasteiger partial charge in [-0.2, -0.15) is 0 Å². The minimum absolute atomic E-state index is 0.0341. The summed E-state index contributed by atoms with van der Waals surface area (Å²) in [6, 6.07) is 6.48.